The van der Waals surface area contributed by atoms with Crippen LogP contribution in [0.3, 0.4) is 0 Å². The molecular weight excluding hydrogens is 344 g/mol. The van der Waals surface area contributed by atoms with Crippen molar-refractivity contribution in [2.24, 2.45) is 0 Å². The molecular formula is C18H19BrO3. The van der Waals surface area contributed by atoms with Crippen molar-refractivity contribution in [2.75, 3.05) is 11.9 Å². The normalized spacial score (nSPS) is 11.9. The highest BCUT2D eigenvalue weighted by Crippen LogP contribution is 2.21. The molecule has 0 fully saturated rings. The third kappa shape index (κ3) is 4.97. The lowest BCUT2D eigenvalue weighted by atomic mass is 10.0. The van der Waals surface area contributed by atoms with Crippen LogP contribution in [0.2, 0.25) is 0 Å². The lowest BCUT2D eigenvalue weighted by Gasteiger charge is -2.13. The summed E-state index contributed by atoms with van der Waals surface area (Å²) in [5.74, 6) is 0.577. The summed E-state index contributed by atoms with van der Waals surface area (Å²) in [6.07, 6.45) is 0.552. The zero-order valence-corrected chi connectivity index (χ0v) is 13.8. The highest BCUT2D eigenvalue weighted by molar-refractivity contribution is 9.09. The molecule has 22 heavy (non-hydrogen) atoms. The number of benzene rings is 2. The van der Waals surface area contributed by atoms with E-state index in [1.165, 1.54) is 0 Å². The Balaban J connectivity index is 1.99. The molecule has 0 aromatic heterocycles. The summed E-state index contributed by atoms with van der Waals surface area (Å²) in [7, 11) is 0. The summed E-state index contributed by atoms with van der Waals surface area (Å²) in [4.78, 5) is 12.4. The van der Waals surface area contributed by atoms with Crippen molar-refractivity contribution in [3.8, 4) is 5.75 Å². The number of aliphatic hydroxyl groups excluding tert-OH is 1. The highest BCUT2D eigenvalue weighted by Gasteiger charge is 2.13. The number of hydrogen-bond donors (Lipinski definition) is 1. The molecule has 0 amide bonds. The van der Waals surface area contributed by atoms with E-state index in [1.807, 2.05) is 42.5 Å². The van der Waals surface area contributed by atoms with Gasteiger partial charge in [0.15, 0.2) is 5.78 Å². The first-order valence-corrected chi connectivity index (χ1v) is 8.36. The Hall–Kier alpha value is -1.65. The van der Waals surface area contributed by atoms with Gasteiger partial charge in [0.2, 0.25) is 0 Å². The maximum absolute atomic E-state index is 12.4. The van der Waals surface area contributed by atoms with E-state index < -0.39 is 6.10 Å². The van der Waals surface area contributed by atoms with Crippen molar-refractivity contribution in [2.45, 2.75) is 18.9 Å². The number of halogens is 1. The van der Waals surface area contributed by atoms with E-state index in [0.717, 1.165) is 5.56 Å². The van der Waals surface area contributed by atoms with Crippen molar-refractivity contribution in [3.05, 3.63) is 65.7 Å². The van der Waals surface area contributed by atoms with Crippen LogP contribution < -0.4 is 4.74 Å². The summed E-state index contributed by atoms with van der Waals surface area (Å²) in [6.45, 7) is 0.161. The standard InChI is InChI=1S/C18H19BrO3/c19-12-15(20)13-22-18-9-5-4-8-16(18)17(21)11-10-14-6-2-1-3-7-14/h1-9,15,20H,10-13H2/t15-/m1/s1. The maximum Gasteiger partial charge on any atom is 0.166 e. The molecule has 2 aromatic carbocycles. The van der Waals surface area contributed by atoms with Gasteiger partial charge in [-0.15, -0.1) is 0 Å². The minimum atomic E-state index is -0.590. The third-order valence-electron chi connectivity index (χ3n) is 3.28. The fraction of sp³-hybridized carbons (Fsp3) is 0.278. The van der Waals surface area contributed by atoms with Crippen LogP contribution in [0.5, 0.6) is 5.75 Å². The van der Waals surface area contributed by atoms with Gasteiger partial charge in [0.1, 0.15) is 12.4 Å². The second-order valence-electron chi connectivity index (χ2n) is 5.02. The monoisotopic (exact) mass is 362 g/mol. The smallest absolute Gasteiger partial charge is 0.166 e. The van der Waals surface area contributed by atoms with Crippen molar-refractivity contribution >= 4 is 21.7 Å². The molecule has 0 saturated carbocycles. The minimum Gasteiger partial charge on any atom is -0.490 e. The van der Waals surface area contributed by atoms with Crippen LogP contribution in [0.25, 0.3) is 0 Å². The van der Waals surface area contributed by atoms with Crippen molar-refractivity contribution < 1.29 is 14.6 Å². The number of para-hydroxylation sites is 1. The fourth-order valence-electron chi connectivity index (χ4n) is 2.09. The number of Topliss-reactive ketones (excluding diaryl/α,β-unsaturated/α-hetero) is 1. The molecule has 0 aliphatic carbocycles. The number of carbonyl (C=O) groups excluding carboxylic acids is 1. The van der Waals surface area contributed by atoms with Crippen molar-refractivity contribution in [1.82, 2.24) is 0 Å². The third-order valence-corrected chi connectivity index (χ3v) is 4.03. The van der Waals surface area contributed by atoms with Gasteiger partial charge in [-0.2, -0.15) is 0 Å². The predicted molar refractivity (Wildman–Crippen MR) is 90.8 cm³/mol. The van der Waals surface area contributed by atoms with Crippen molar-refractivity contribution in [1.29, 1.82) is 0 Å². The van der Waals surface area contributed by atoms with Crippen LogP contribution in [0.15, 0.2) is 54.6 Å². The first kappa shape index (κ1) is 16.7. The Labute approximate surface area is 139 Å². The van der Waals surface area contributed by atoms with E-state index in [2.05, 4.69) is 15.9 Å². The molecule has 0 aliphatic rings. The summed E-state index contributed by atoms with van der Waals surface area (Å²) in [5.41, 5.74) is 1.71. The van der Waals surface area contributed by atoms with E-state index in [0.29, 0.717) is 29.5 Å². The molecule has 0 spiro atoms. The number of aryl methyl sites for hydroxylation is 1. The number of carbonyl (C=O) groups is 1. The zero-order valence-electron chi connectivity index (χ0n) is 12.2. The van der Waals surface area contributed by atoms with Crippen LogP contribution in [-0.2, 0) is 6.42 Å². The Morgan fingerprint density at radius 1 is 1.09 bits per heavy atom. The maximum atomic E-state index is 12.4. The number of alkyl halides is 1. The predicted octanol–water partition coefficient (Wildman–Crippen LogP) is 3.64. The van der Waals surface area contributed by atoms with E-state index in [-0.39, 0.29) is 12.4 Å². The molecule has 4 heteroatoms. The van der Waals surface area contributed by atoms with Crippen LogP contribution in [0.4, 0.5) is 0 Å². The van der Waals surface area contributed by atoms with Gasteiger partial charge < -0.3 is 9.84 Å². The van der Waals surface area contributed by atoms with Gasteiger partial charge in [-0.3, -0.25) is 4.79 Å². The van der Waals surface area contributed by atoms with Gasteiger partial charge in [0.25, 0.3) is 0 Å². The number of ether oxygens (including phenoxy) is 1. The molecule has 0 radical (unpaired) electrons. The molecule has 2 rings (SSSR count). The number of aliphatic hydroxyl groups is 1. The van der Waals surface area contributed by atoms with Crippen molar-refractivity contribution in [3.63, 3.8) is 0 Å². The van der Waals surface area contributed by atoms with Gasteiger partial charge in [-0.25, -0.2) is 0 Å². The molecule has 0 bridgehead atoms. The lowest BCUT2D eigenvalue weighted by Crippen LogP contribution is -2.19. The molecule has 1 atom stereocenters. The topological polar surface area (TPSA) is 46.5 Å². The minimum absolute atomic E-state index is 0.0489. The summed E-state index contributed by atoms with van der Waals surface area (Å²) in [5, 5.41) is 9.99. The quantitative estimate of drug-likeness (QED) is 0.576. The summed E-state index contributed by atoms with van der Waals surface area (Å²) in [6, 6.07) is 17.1. The van der Waals surface area contributed by atoms with Crippen LogP contribution in [0.1, 0.15) is 22.3 Å². The van der Waals surface area contributed by atoms with Gasteiger partial charge in [-0.1, -0.05) is 58.4 Å². The molecule has 116 valence electrons. The fourth-order valence-corrected chi connectivity index (χ4v) is 2.28. The van der Waals surface area contributed by atoms with E-state index >= 15 is 0 Å². The SMILES string of the molecule is O=C(CCc1ccccc1)c1ccccc1OC[C@H](O)CBr. The second-order valence-corrected chi connectivity index (χ2v) is 5.67. The van der Waals surface area contributed by atoms with Gasteiger partial charge in [0.05, 0.1) is 11.7 Å². The first-order valence-electron chi connectivity index (χ1n) is 7.23. The molecule has 2 aromatic rings. The van der Waals surface area contributed by atoms with E-state index in [1.54, 1.807) is 12.1 Å². The molecule has 0 heterocycles. The van der Waals surface area contributed by atoms with Gasteiger partial charge in [-0.05, 0) is 24.1 Å². The average Bonchev–Trinajstić information content (AvgIpc) is 2.58. The largest absolute Gasteiger partial charge is 0.490 e. The zero-order chi connectivity index (χ0) is 15.8. The van der Waals surface area contributed by atoms with Crippen LogP contribution in [-0.4, -0.2) is 28.9 Å². The van der Waals surface area contributed by atoms with Crippen LogP contribution in [0, 0.1) is 0 Å². The Morgan fingerprint density at radius 2 is 1.77 bits per heavy atom. The lowest BCUT2D eigenvalue weighted by molar-refractivity contribution is 0.0968. The molecule has 0 saturated heterocycles. The van der Waals surface area contributed by atoms with Gasteiger partial charge >= 0.3 is 0 Å². The van der Waals surface area contributed by atoms with E-state index in [9.17, 15) is 9.90 Å². The second kappa shape index (κ2) is 8.71. The van der Waals surface area contributed by atoms with Crippen LogP contribution >= 0.6 is 15.9 Å². The molecule has 3 nitrogen and oxygen atoms in total. The number of ketones is 1. The molecule has 1 N–H and O–H groups in total. The van der Waals surface area contributed by atoms with Gasteiger partial charge in [0, 0.05) is 11.8 Å². The number of rotatable bonds is 8. The Bertz CT molecular complexity index is 598. The summed E-state index contributed by atoms with van der Waals surface area (Å²) < 4.78 is 5.56. The Morgan fingerprint density at radius 3 is 2.50 bits per heavy atom. The number of hydrogen-bond acceptors (Lipinski definition) is 3. The highest BCUT2D eigenvalue weighted by atomic mass is 79.9. The van der Waals surface area contributed by atoms with E-state index in [4.69, 9.17) is 4.74 Å². The first-order chi connectivity index (χ1) is 10.7. The molecule has 0 aliphatic heterocycles. The average molecular weight is 363 g/mol. The summed E-state index contributed by atoms with van der Waals surface area (Å²) >= 11 is 3.19. The molecule has 0 unspecified atom stereocenters. The Kier molecular flexibility index (Phi) is 6.62.